The molecule has 0 bridgehead atoms. The van der Waals surface area contributed by atoms with Crippen LogP contribution in [0.15, 0.2) is 138 Å². The van der Waals surface area contributed by atoms with Gasteiger partial charge >= 0.3 is 24.2 Å². The molecule has 5 atom stereocenters. The molecule has 0 spiro atoms. The normalized spacial score (nSPS) is 15.2. The summed E-state index contributed by atoms with van der Waals surface area (Å²) < 4.78 is 36.3. The van der Waals surface area contributed by atoms with E-state index in [1.54, 1.807) is 133 Å². The third kappa shape index (κ3) is 26.3. The van der Waals surface area contributed by atoms with E-state index in [2.05, 4.69) is 73.1 Å². The number of rotatable bonds is 32. The quantitative estimate of drug-likeness (QED) is 0.00387. The maximum absolute atomic E-state index is 16.0. The monoisotopic (exact) mass is 1440 g/mol. The minimum absolute atomic E-state index is 0.0677. The van der Waals surface area contributed by atoms with E-state index in [-0.39, 0.29) is 64.2 Å². The summed E-state index contributed by atoms with van der Waals surface area (Å²) in [6.45, 7) is 32.1. The molecule has 1 aliphatic heterocycles. The molecular formula is C76H109N9O15Si2. The molecule has 1 saturated heterocycles. The second kappa shape index (κ2) is 38.2. The zero-order valence-electron chi connectivity index (χ0n) is 62.5. The number of likely N-dealkylation sites (tertiary alicyclic amines) is 1. The predicted molar refractivity (Wildman–Crippen MR) is 398 cm³/mol. The largest absolute Gasteiger partial charge is 0.543 e. The van der Waals surface area contributed by atoms with Gasteiger partial charge in [0.1, 0.15) is 54.4 Å². The number of carbonyl (C=O) groups is 9. The fraction of sp³-hybridized carbons (Fsp3) is 0.500. The van der Waals surface area contributed by atoms with Crippen molar-refractivity contribution in [3.8, 4) is 5.75 Å². The van der Waals surface area contributed by atoms with Crippen LogP contribution in [0.1, 0.15) is 152 Å². The third-order valence-corrected chi connectivity index (χ3v) is 28.1. The van der Waals surface area contributed by atoms with E-state index in [1.165, 1.54) is 17.1 Å². The predicted octanol–water partition coefficient (Wildman–Crippen LogP) is 11.9. The van der Waals surface area contributed by atoms with Crippen molar-refractivity contribution >= 4 is 83.0 Å². The molecule has 7 N–H and O–H groups in total. The van der Waals surface area contributed by atoms with Gasteiger partial charge in [0.25, 0.3) is 14.2 Å². The Balaban J connectivity index is 1.64. The molecule has 556 valence electrons. The van der Waals surface area contributed by atoms with Crippen molar-refractivity contribution in [2.45, 2.75) is 225 Å². The number of amides is 8. The first-order chi connectivity index (χ1) is 47.8. The van der Waals surface area contributed by atoms with Gasteiger partial charge in [0.15, 0.2) is 8.32 Å². The zero-order valence-corrected chi connectivity index (χ0v) is 64.5. The van der Waals surface area contributed by atoms with Crippen molar-refractivity contribution in [3.63, 3.8) is 0 Å². The molecule has 102 heavy (non-hydrogen) atoms. The second-order valence-corrected chi connectivity index (χ2v) is 40.0. The average Bonchev–Trinajstić information content (AvgIpc) is 0.811. The summed E-state index contributed by atoms with van der Waals surface area (Å²) >= 11 is 0. The Morgan fingerprint density at radius 3 is 1.76 bits per heavy atom. The Hall–Kier alpha value is -9.15. The van der Waals surface area contributed by atoms with Crippen LogP contribution in [0.2, 0.25) is 34.8 Å². The second-order valence-electron chi connectivity index (χ2n) is 29.9. The average molecular weight is 1440 g/mol. The molecule has 4 aromatic rings. The van der Waals surface area contributed by atoms with E-state index < -0.39 is 117 Å². The molecule has 0 aliphatic carbocycles. The number of hydrogen-bond acceptors (Lipinski definition) is 15. The van der Waals surface area contributed by atoms with Crippen LogP contribution in [0.4, 0.5) is 14.4 Å². The molecule has 1 aliphatic rings. The summed E-state index contributed by atoms with van der Waals surface area (Å²) in [5.74, 6) is -3.53. The number of nitrogens with zero attached hydrogens (tertiary/aromatic N) is 3. The van der Waals surface area contributed by atoms with E-state index in [0.29, 0.717) is 57.5 Å². The first-order valence-corrected chi connectivity index (χ1v) is 39.9. The van der Waals surface area contributed by atoms with Gasteiger partial charge in [0, 0.05) is 31.3 Å². The Kier molecular flexibility index (Phi) is 31.3. The maximum Gasteiger partial charge on any atom is 0.437 e. The van der Waals surface area contributed by atoms with E-state index >= 15 is 14.4 Å². The lowest BCUT2D eigenvalue weighted by Gasteiger charge is -2.42. The topological polar surface area (TPSA) is 314 Å². The molecule has 1 fully saturated rings. The van der Waals surface area contributed by atoms with E-state index in [0.717, 1.165) is 4.90 Å². The number of benzene rings is 4. The summed E-state index contributed by atoms with van der Waals surface area (Å²) in [4.78, 5) is 133. The van der Waals surface area contributed by atoms with Crippen LogP contribution < -0.4 is 36.7 Å². The number of carbonyl (C=O) groups excluding carboxylic acids is 9. The Morgan fingerprint density at radius 2 is 1.24 bits per heavy atom. The Labute approximate surface area is 604 Å². The number of nitrogens with one attached hydrogen (secondary N) is 5. The standard InChI is InChI=1S/C76H109N9O15Si2/c1-51(2)102(52(3)4,53(5)6)99-59-40-37-55(38-41-59)45-58(39-42-64(87)97-74(7,8)9)80-66(88)61(46-54-29-21-18-22-30-54)82-68(90)65(100-101(16,17)76(13,14)15)60(81-67(89)63-36-28-43-84(63)69(91)62(79-50-86)47-78-71(92)98-75(10,11)12)35-27-44-85(73(94)96-49-57-33-25-20-26-34-57)70(77)83-72(93)95-48-56-31-23-19-24-32-56/h18-26,29-34,37-42,45,50-53,60-63,65H,27-28,35-36,43-44,46-49H2,1-17H3,(H,78,92)(H,79,86)(H,80,88)(H,81,89)(H,82,90)(H2,77,83,93)/b42-39+,58-45-/t60-,61+,62-,63-,65?/m0/s1. The van der Waals surface area contributed by atoms with Gasteiger partial charge in [-0.25, -0.2) is 24.1 Å². The van der Waals surface area contributed by atoms with E-state index in [1.807, 2.05) is 64.2 Å². The highest BCUT2D eigenvalue weighted by Crippen LogP contribution is 2.43. The lowest BCUT2D eigenvalue weighted by atomic mass is 10.0. The van der Waals surface area contributed by atoms with Crippen molar-refractivity contribution in [1.82, 2.24) is 36.4 Å². The Morgan fingerprint density at radius 1 is 0.686 bits per heavy atom. The minimum Gasteiger partial charge on any atom is -0.543 e. The smallest absolute Gasteiger partial charge is 0.437 e. The number of esters is 1. The van der Waals surface area contributed by atoms with Gasteiger partial charge in [-0.3, -0.25) is 24.0 Å². The number of alkyl carbamates (subject to hydrolysis) is 1. The molecule has 0 radical (unpaired) electrons. The maximum atomic E-state index is 16.0. The fourth-order valence-electron chi connectivity index (χ4n) is 11.7. The summed E-state index contributed by atoms with van der Waals surface area (Å²) in [5, 5.41) is 13.4. The lowest BCUT2D eigenvalue weighted by Crippen LogP contribution is -2.62. The first kappa shape index (κ1) is 83.5. The SMILES string of the molecule is CC(C)[Si](Oc1ccc(/C=C(/C=C/C(=O)OC(C)(C)C)NC(=O)[C@@H](Cc2ccccc2)NC(=O)C(O[Si](C)(C)C(C)(C)C)[C@H](CCCN(C(=O)OCc2ccccc2)/C(N)=N/C(=O)OCc2ccccc2)NC(=O)[C@@H]2CCCN2C(=O)[C@H](CNC(=O)OC(C)(C)C)NC=O)cc1)(C(C)C)C(C)C. The van der Waals surface area contributed by atoms with Gasteiger partial charge in [-0.05, 0) is 149 Å². The van der Waals surface area contributed by atoms with Crippen molar-refractivity contribution in [2.24, 2.45) is 10.7 Å². The van der Waals surface area contributed by atoms with Crippen LogP contribution in [0.3, 0.4) is 0 Å². The van der Waals surface area contributed by atoms with Gasteiger partial charge in [-0.2, -0.15) is 0 Å². The molecule has 26 heteroatoms. The highest BCUT2D eigenvalue weighted by atomic mass is 28.4. The van der Waals surface area contributed by atoms with Crippen LogP contribution in [0, 0.1) is 0 Å². The third-order valence-electron chi connectivity index (χ3n) is 17.6. The van der Waals surface area contributed by atoms with Crippen molar-refractivity contribution in [1.29, 1.82) is 0 Å². The van der Waals surface area contributed by atoms with Crippen molar-refractivity contribution in [3.05, 3.63) is 155 Å². The summed E-state index contributed by atoms with van der Waals surface area (Å²) in [5.41, 5.74) is 8.46. The molecule has 0 saturated carbocycles. The van der Waals surface area contributed by atoms with Crippen LogP contribution in [-0.2, 0) is 71.8 Å². The van der Waals surface area contributed by atoms with E-state index in [9.17, 15) is 28.8 Å². The molecule has 1 unspecified atom stereocenters. The summed E-state index contributed by atoms with van der Waals surface area (Å²) in [6, 6.07) is 28.9. The summed E-state index contributed by atoms with van der Waals surface area (Å²) in [6.07, 6.45) is 0.139. The van der Waals surface area contributed by atoms with E-state index in [4.69, 9.17) is 33.5 Å². The molecule has 24 nitrogen and oxygen atoms in total. The number of ether oxygens (including phenoxy) is 4. The van der Waals surface area contributed by atoms with Crippen LogP contribution in [-0.4, -0.2) is 148 Å². The highest BCUT2D eigenvalue weighted by molar-refractivity contribution is 6.78. The molecule has 4 aromatic carbocycles. The highest BCUT2D eigenvalue weighted by Gasteiger charge is 2.48. The lowest BCUT2D eigenvalue weighted by molar-refractivity contribution is -0.148. The summed E-state index contributed by atoms with van der Waals surface area (Å²) in [7, 11) is -5.51. The van der Waals surface area contributed by atoms with Gasteiger partial charge in [0.05, 0.1) is 12.6 Å². The Bertz CT molecular complexity index is 3510. The number of hydrogen-bond donors (Lipinski definition) is 6. The van der Waals surface area contributed by atoms with Gasteiger partial charge in [-0.1, -0.05) is 165 Å². The number of aliphatic imine (C=N–C) groups is 1. The molecule has 5 rings (SSSR count). The number of guanidine groups is 1. The fourth-order valence-corrected chi connectivity index (χ4v) is 18.2. The molecular weight excluding hydrogens is 1340 g/mol. The van der Waals surface area contributed by atoms with Gasteiger partial charge in [-0.15, -0.1) is 4.99 Å². The molecule has 0 aromatic heterocycles. The number of allylic oxidation sites excluding steroid dienone is 1. The molecule has 1 heterocycles. The van der Waals surface area contributed by atoms with Crippen LogP contribution >= 0.6 is 0 Å². The van der Waals surface area contributed by atoms with Gasteiger partial charge in [0.2, 0.25) is 30.1 Å². The van der Waals surface area contributed by atoms with Crippen molar-refractivity contribution in [2.75, 3.05) is 19.6 Å². The number of nitrogens with two attached hydrogens (primary N) is 1. The first-order valence-electron chi connectivity index (χ1n) is 34.9. The van der Waals surface area contributed by atoms with Crippen LogP contribution in [0.5, 0.6) is 5.75 Å². The van der Waals surface area contributed by atoms with Gasteiger partial charge < -0.3 is 65.0 Å². The van der Waals surface area contributed by atoms with Crippen LogP contribution in [0.25, 0.3) is 6.08 Å². The zero-order chi connectivity index (χ0) is 75.8. The minimum atomic E-state index is -3.16. The molecule has 8 amide bonds. The van der Waals surface area contributed by atoms with Crippen molar-refractivity contribution < 1.29 is 71.0 Å².